The highest BCUT2D eigenvalue weighted by atomic mass is 16.6. The van der Waals surface area contributed by atoms with Gasteiger partial charge in [0, 0.05) is 19.3 Å². The molecule has 0 aliphatic heterocycles. The molecule has 6 heteroatoms. The Hall–Kier alpha value is -3.93. The van der Waals surface area contributed by atoms with Crippen LogP contribution in [0.4, 0.5) is 0 Å². The van der Waals surface area contributed by atoms with Crippen LogP contribution >= 0.6 is 0 Å². The van der Waals surface area contributed by atoms with E-state index < -0.39 is 6.10 Å². The van der Waals surface area contributed by atoms with Crippen molar-refractivity contribution in [2.24, 2.45) is 0 Å². The van der Waals surface area contributed by atoms with Gasteiger partial charge < -0.3 is 14.2 Å². The van der Waals surface area contributed by atoms with Gasteiger partial charge in [-0.05, 0) is 103 Å². The Morgan fingerprint density at radius 3 is 0.792 bits per heavy atom. The second-order valence-corrected chi connectivity index (χ2v) is 21.3. The minimum absolute atomic E-state index is 0.0782. The van der Waals surface area contributed by atoms with E-state index in [1.807, 2.05) is 0 Å². The third-order valence-electron chi connectivity index (χ3n) is 13.8. The second-order valence-electron chi connectivity index (χ2n) is 21.3. The molecule has 440 valence electrons. The average molecular weight is 1070 g/mol. The first kappa shape index (κ1) is 73.1. The summed E-state index contributed by atoms with van der Waals surface area (Å²) < 4.78 is 16.8. The van der Waals surface area contributed by atoms with Crippen molar-refractivity contribution >= 4 is 17.9 Å². The number of carbonyl (C=O) groups excluding carboxylic acids is 3. The summed E-state index contributed by atoms with van der Waals surface area (Å²) in [6.45, 7) is 6.39. The van der Waals surface area contributed by atoms with Gasteiger partial charge in [-0.3, -0.25) is 14.4 Å². The molecule has 0 N–H and O–H groups in total. The highest BCUT2D eigenvalue weighted by Gasteiger charge is 2.19. The number of carbonyl (C=O) groups is 3. The predicted molar refractivity (Wildman–Crippen MR) is 334 cm³/mol. The van der Waals surface area contributed by atoms with Gasteiger partial charge >= 0.3 is 17.9 Å². The molecule has 0 amide bonds. The largest absolute Gasteiger partial charge is 0.462 e. The van der Waals surface area contributed by atoms with Gasteiger partial charge in [0.1, 0.15) is 13.2 Å². The molecule has 0 saturated carbocycles. The lowest BCUT2D eigenvalue weighted by atomic mass is 10.0. The SMILES string of the molecule is CC/C=C\C/C=C\C/C=C\C/C=C\C/C=C\CCCCCCCCCCCCCCCC(=O)OCC(COC(=O)CCCCCCCCC)OC(=O)CCCCCCCCCCCC/C=C\C/C=C\C/C=C\C/C=C\CC. The third-order valence-corrected chi connectivity index (χ3v) is 13.8. The summed E-state index contributed by atoms with van der Waals surface area (Å²) in [5.74, 6) is -0.883. The van der Waals surface area contributed by atoms with Gasteiger partial charge in [0.2, 0.25) is 0 Å². The van der Waals surface area contributed by atoms with Crippen LogP contribution in [0.2, 0.25) is 0 Å². The molecule has 0 saturated heterocycles. The third kappa shape index (κ3) is 62.8. The molecule has 0 spiro atoms. The summed E-state index contributed by atoms with van der Waals surface area (Å²) in [7, 11) is 0. The number of unbranched alkanes of at least 4 members (excludes halogenated alkanes) is 29. The monoisotopic (exact) mass is 1070 g/mol. The minimum atomic E-state index is -0.779. The molecule has 0 aromatic rings. The maximum absolute atomic E-state index is 12.9. The molecule has 0 bridgehead atoms. The van der Waals surface area contributed by atoms with E-state index in [2.05, 4.69) is 130 Å². The van der Waals surface area contributed by atoms with Crippen LogP contribution in [0.1, 0.15) is 303 Å². The van der Waals surface area contributed by atoms with E-state index >= 15 is 0 Å². The fourth-order valence-corrected chi connectivity index (χ4v) is 8.99. The van der Waals surface area contributed by atoms with Gasteiger partial charge in [0.05, 0.1) is 0 Å². The van der Waals surface area contributed by atoms with E-state index in [0.717, 1.165) is 116 Å². The first-order chi connectivity index (χ1) is 38.0. The van der Waals surface area contributed by atoms with Crippen molar-refractivity contribution in [3.8, 4) is 0 Å². The van der Waals surface area contributed by atoms with Crippen LogP contribution < -0.4 is 0 Å². The van der Waals surface area contributed by atoms with Crippen LogP contribution in [0.5, 0.6) is 0 Å². The molecule has 0 heterocycles. The van der Waals surface area contributed by atoms with Crippen molar-refractivity contribution in [3.05, 3.63) is 109 Å². The van der Waals surface area contributed by atoms with Crippen LogP contribution in [0.25, 0.3) is 0 Å². The Balaban J connectivity index is 4.12. The smallest absolute Gasteiger partial charge is 0.306 e. The van der Waals surface area contributed by atoms with Crippen molar-refractivity contribution in [2.45, 2.75) is 309 Å². The molecular formula is C71H120O6. The second kappa shape index (κ2) is 64.6. The van der Waals surface area contributed by atoms with Gasteiger partial charge in [-0.25, -0.2) is 0 Å². The molecule has 0 fully saturated rings. The highest BCUT2D eigenvalue weighted by molar-refractivity contribution is 5.71. The molecule has 0 radical (unpaired) electrons. The first-order valence-corrected chi connectivity index (χ1v) is 32.4. The maximum Gasteiger partial charge on any atom is 0.306 e. The van der Waals surface area contributed by atoms with Crippen molar-refractivity contribution in [1.29, 1.82) is 0 Å². The number of ether oxygens (including phenoxy) is 3. The van der Waals surface area contributed by atoms with Crippen molar-refractivity contribution in [3.63, 3.8) is 0 Å². The van der Waals surface area contributed by atoms with Crippen molar-refractivity contribution in [2.75, 3.05) is 13.2 Å². The van der Waals surface area contributed by atoms with Crippen LogP contribution in [-0.4, -0.2) is 37.2 Å². The molecule has 1 atom stereocenters. The molecule has 0 aliphatic rings. The summed E-state index contributed by atoms with van der Waals surface area (Å²) in [6.07, 6.45) is 88.4. The Kier molecular flexibility index (Phi) is 61.3. The van der Waals surface area contributed by atoms with Gasteiger partial charge in [-0.1, -0.05) is 291 Å². The Labute approximate surface area is 476 Å². The fourth-order valence-electron chi connectivity index (χ4n) is 8.99. The van der Waals surface area contributed by atoms with E-state index in [1.165, 1.54) is 148 Å². The van der Waals surface area contributed by atoms with Crippen LogP contribution in [-0.2, 0) is 28.6 Å². The zero-order chi connectivity index (χ0) is 55.7. The normalized spacial score (nSPS) is 12.8. The summed E-state index contributed by atoms with van der Waals surface area (Å²) in [6, 6.07) is 0. The van der Waals surface area contributed by atoms with Gasteiger partial charge in [-0.15, -0.1) is 0 Å². The summed E-state index contributed by atoms with van der Waals surface area (Å²) in [5, 5.41) is 0. The van der Waals surface area contributed by atoms with Crippen LogP contribution in [0, 0.1) is 0 Å². The Morgan fingerprint density at radius 1 is 0.273 bits per heavy atom. The molecule has 0 rings (SSSR count). The molecule has 1 unspecified atom stereocenters. The number of allylic oxidation sites excluding steroid dienone is 18. The van der Waals surface area contributed by atoms with E-state index in [0.29, 0.717) is 19.3 Å². The molecule has 0 aromatic carbocycles. The number of hydrogen-bond acceptors (Lipinski definition) is 6. The molecular weight excluding hydrogens is 949 g/mol. The predicted octanol–water partition coefficient (Wildman–Crippen LogP) is 22.2. The molecule has 77 heavy (non-hydrogen) atoms. The van der Waals surface area contributed by atoms with E-state index in [9.17, 15) is 14.4 Å². The van der Waals surface area contributed by atoms with Crippen LogP contribution in [0.3, 0.4) is 0 Å². The lowest BCUT2D eigenvalue weighted by Crippen LogP contribution is -2.30. The maximum atomic E-state index is 12.9. The summed E-state index contributed by atoms with van der Waals surface area (Å²) >= 11 is 0. The van der Waals surface area contributed by atoms with Gasteiger partial charge in [0.15, 0.2) is 6.10 Å². The van der Waals surface area contributed by atoms with E-state index in [-0.39, 0.29) is 31.1 Å². The summed E-state index contributed by atoms with van der Waals surface area (Å²) in [4.78, 5) is 38.1. The van der Waals surface area contributed by atoms with Crippen molar-refractivity contribution < 1.29 is 28.6 Å². The zero-order valence-electron chi connectivity index (χ0n) is 50.4. The van der Waals surface area contributed by atoms with Gasteiger partial charge in [-0.2, -0.15) is 0 Å². The lowest BCUT2D eigenvalue weighted by Gasteiger charge is -2.18. The fraction of sp³-hybridized carbons (Fsp3) is 0.704. The van der Waals surface area contributed by atoms with Crippen molar-refractivity contribution in [1.82, 2.24) is 0 Å². The molecule has 6 nitrogen and oxygen atoms in total. The van der Waals surface area contributed by atoms with Gasteiger partial charge in [0.25, 0.3) is 0 Å². The summed E-state index contributed by atoms with van der Waals surface area (Å²) in [5.41, 5.74) is 0. The average Bonchev–Trinajstić information content (AvgIpc) is 3.43. The Bertz CT molecular complexity index is 1560. The van der Waals surface area contributed by atoms with Crippen LogP contribution in [0.15, 0.2) is 109 Å². The Morgan fingerprint density at radius 2 is 0.506 bits per heavy atom. The first-order valence-electron chi connectivity index (χ1n) is 32.4. The minimum Gasteiger partial charge on any atom is -0.462 e. The van der Waals surface area contributed by atoms with E-state index in [1.54, 1.807) is 0 Å². The number of rotatable bonds is 58. The quantitative estimate of drug-likeness (QED) is 0.0261. The lowest BCUT2D eigenvalue weighted by molar-refractivity contribution is -0.167. The molecule has 0 aromatic heterocycles. The molecule has 0 aliphatic carbocycles. The number of hydrogen-bond donors (Lipinski definition) is 0. The topological polar surface area (TPSA) is 78.9 Å². The zero-order valence-corrected chi connectivity index (χ0v) is 50.4. The standard InChI is InChI=1S/C71H120O6/c1-4-7-10-13-16-18-20-22-24-26-28-30-32-33-34-35-36-37-39-40-42-44-46-48-50-52-55-58-61-64-70(73)76-67-68(66-75-69(72)63-60-57-54-15-12-9-6-3)77-71(74)65-62-59-56-53-51-49-47-45-43-41-38-31-29-27-25-23-21-19-17-14-11-8-5-2/h7-8,10-11,16-19,22-25,28-31,33-34,68H,4-6,9,12-15,20-21,26-27,32,35-67H2,1-3H3/b10-7-,11-8-,18-16-,19-17-,24-22-,25-23-,30-28-,31-29-,34-33-. The van der Waals surface area contributed by atoms with E-state index in [4.69, 9.17) is 14.2 Å². The number of esters is 3. The highest BCUT2D eigenvalue weighted by Crippen LogP contribution is 2.16.